The van der Waals surface area contributed by atoms with Gasteiger partial charge in [0.2, 0.25) is 0 Å². The summed E-state index contributed by atoms with van der Waals surface area (Å²) in [5.41, 5.74) is -2.70. The maximum Gasteiger partial charge on any atom is 0.419 e. The van der Waals surface area contributed by atoms with Crippen molar-refractivity contribution in [3.63, 3.8) is 0 Å². The normalized spacial score (nSPS) is 31.4. The van der Waals surface area contributed by atoms with Gasteiger partial charge in [0.15, 0.2) is 0 Å². The molecule has 20 heavy (non-hydrogen) atoms. The van der Waals surface area contributed by atoms with Crippen molar-refractivity contribution in [1.29, 1.82) is 0 Å². The monoisotopic (exact) mass is 292 g/mol. The zero-order chi connectivity index (χ0) is 15.1. The van der Waals surface area contributed by atoms with Crippen molar-refractivity contribution < 1.29 is 27.4 Å². The van der Waals surface area contributed by atoms with Crippen LogP contribution in [0.25, 0.3) is 0 Å². The fraction of sp³-hybridized carbons (Fsp3) is 0.571. The molecule has 1 heterocycles. The SMILES string of the molecule is CC1CC(O)(c2ccc(F)c(C(F)(F)F)c2)CC(C)O1. The van der Waals surface area contributed by atoms with E-state index in [0.717, 1.165) is 6.07 Å². The fourth-order valence-corrected chi connectivity index (χ4v) is 2.79. The van der Waals surface area contributed by atoms with Gasteiger partial charge < -0.3 is 9.84 Å². The number of hydrogen-bond acceptors (Lipinski definition) is 2. The second-order valence-corrected chi connectivity index (χ2v) is 5.39. The first-order chi connectivity index (χ1) is 9.12. The van der Waals surface area contributed by atoms with Crippen LogP contribution in [-0.2, 0) is 16.5 Å². The van der Waals surface area contributed by atoms with Crippen LogP contribution in [0.1, 0.15) is 37.8 Å². The second kappa shape index (κ2) is 5.00. The first-order valence-electron chi connectivity index (χ1n) is 6.37. The predicted molar refractivity (Wildman–Crippen MR) is 64.5 cm³/mol. The molecule has 0 bridgehead atoms. The largest absolute Gasteiger partial charge is 0.419 e. The molecule has 0 aliphatic carbocycles. The molecule has 0 radical (unpaired) electrons. The Hall–Kier alpha value is -1.14. The van der Waals surface area contributed by atoms with Crippen LogP contribution in [0.3, 0.4) is 0 Å². The topological polar surface area (TPSA) is 29.5 Å². The zero-order valence-corrected chi connectivity index (χ0v) is 11.2. The smallest absolute Gasteiger partial charge is 0.385 e. The Morgan fingerprint density at radius 3 is 2.25 bits per heavy atom. The van der Waals surface area contributed by atoms with Crippen LogP contribution in [-0.4, -0.2) is 17.3 Å². The van der Waals surface area contributed by atoms with Gasteiger partial charge >= 0.3 is 6.18 Å². The molecule has 2 rings (SSSR count). The molecule has 0 spiro atoms. The van der Waals surface area contributed by atoms with Gasteiger partial charge in [-0.1, -0.05) is 6.07 Å². The molecule has 1 aliphatic rings. The molecule has 1 aliphatic heterocycles. The molecule has 0 amide bonds. The zero-order valence-electron chi connectivity index (χ0n) is 11.2. The van der Waals surface area contributed by atoms with Gasteiger partial charge in [-0.3, -0.25) is 0 Å². The molecule has 2 atom stereocenters. The van der Waals surface area contributed by atoms with E-state index in [1.54, 1.807) is 13.8 Å². The number of benzene rings is 1. The van der Waals surface area contributed by atoms with Gasteiger partial charge in [0.05, 0.1) is 23.4 Å². The molecule has 1 N–H and O–H groups in total. The lowest BCUT2D eigenvalue weighted by Crippen LogP contribution is -2.41. The van der Waals surface area contributed by atoms with Crippen LogP contribution >= 0.6 is 0 Å². The van der Waals surface area contributed by atoms with Gasteiger partial charge in [0, 0.05) is 12.8 Å². The molecule has 112 valence electrons. The Bertz CT molecular complexity index is 488. The van der Waals surface area contributed by atoms with Gasteiger partial charge in [-0.15, -0.1) is 0 Å². The standard InChI is InChI=1S/C14H16F4O2/c1-8-6-13(19,7-9(2)20-8)10-3-4-12(15)11(5-10)14(16,17)18/h3-5,8-9,19H,6-7H2,1-2H3. The summed E-state index contributed by atoms with van der Waals surface area (Å²) in [7, 11) is 0. The Balaban J connectivity index is 2.42. The molecular weight excluding hydrogens is 276 g/mol. The van der Waals surface area contributed by atoms with Crippen molar-refractivity contribution in [2.45, 2.75) is 50.7 Å². The third-order valence-electron chi connectivity index (χ3n) is 3.52. The van der Waals surface area contributed by atoms with E-state index in [4.69, 9.17) is 4.74 Å². The highest BCUT2D eigenvalue weighted by atomic mass is 19.4. The van der Waals surface area contributed by atoms with Crippen LogP contribution in [0.2, 0.25) is 0 Å². The van der Waals surface area contributed by atoms with Gasteiger partial charge in [0.25, 0.3) is 0 Å². The van der Waals surface area contributed by atoms with Gasteiger partial charge in [0.1, 0.15) is 5.82 Å². The molecule has 0 aromatic heterocycles. The minimum atomic E-state index is -4.78. The molecule has 2 nitrogen and oxygen atoms in total. The summed E-state index contributed by atoms with van der Waals surface area (Å²) in [4.78, 5) is 0. The van der Waals surface area contributed by atoms with Gasteiger partial charge in [-0.05, 0) is 31.5 Å². The Morgan fingerprint density at radius 2 is 1.75 bits per heavy atom. The average molecular weight is 292 g/mol. The highest BCUT2D eigenvalue weighted by Gasteiger charge is 2.41. The minimum Gasteiger partial charge on any atom is -0.385 e. The highest BCUT2D eigenvalue weighted by Crippen LogP contribution is 2.40. The van der Waals surface area contributed by atoms with E-state index in [-0.39, 0.29) is 30.6 Å². The second-order valence-electron chi connectivity index (χ2n) is 5.39. The minimum absolute atomic E-state index is 0.0771. The van der Waals surface area contributed by atoms with E-state index >= 15 is 0 Å². The van der Waals surface area contributed by atoms with E-state index in [1.807, 2.05) is 0 Å². The van der Waals surface area contributed by atoms with Gasteiger partial charge in [-0.25, -0.2) is 4.39 Å². The van der Waals surface area contributed by atoms with E-state index in [1.165, 1.54) is 6.07 Å². The van der Waals surface area contributed by atoms with Crippen LogP contribution in [0.5, 0.6) is 0 Å². The number of ether oxygens (including phenoxy) is 1. The average Bonchev–Trinajstić information content (AvgIpc) is 2.25. The van der Waals surface area contributed by atoms with Crippen molar-refractivity contribution in [1.82, 2.24) is 0 Å². The summed E-state index contributed by atoms with van der Waals surface area (Å²) in [6.07, 6.45) is -4.97. The van der Waals surface area contributed by atoms with Crippen molar-refractivity contribution in [2.24, 2.45) is 0 Å². The maximum atomic E-state index is 13.3. The molecule has 1 aromatic carbocycles. The van der Waals surface area contributed by atoms with Crippen molar-refractivity contribution in [3.8, 4) is 0 Å². The van der Waals surface area contributed by atoms with Crippen LogP contribution < -0.4 is 0 Å². The molecule has 1 fully saturated rings. The molecule has 1 aromatic rings. The van der Waals surface area contributed by atoms with Crippen LogP contribution in [0.4, 0.5) is 17.6 Å². The summed E-state index contributed by atoms with van der Waals surface area (Å²) in [5.74, 6) is -1.34. The molecule has 1 saturated heterocycles. The molecule has 2 unspecified atom stereocenters. The number of halogens is 4. The first-order valence-corrected chi connectivity index (χ1v) is 6.37. The number of hydrogen-bond donors (Lipinski definition) is 1. The Morgan fingerprint density at radius 1 is 1.20 bits per heavy atom. The number of rotatable bonds is 1. The van der Waals surface area contributed by atoms with E-state index in [9.17, 15) is 22.7 Å². The maximum absolute atomic E-state index is 13.3. The summed E-state index contributed by atoms with van der Waals surface area (Å²) >= 11 is 0. The lowest BCUT2D eigenvalue weighted by molar-refractivity contribution is -0.142. The van der Waals surface area contributed by atoms with Gasteiger partial charge in [-0.2, -0.15) is 13.2 Å². The highest BCUT2D eigenvalue weighted by molar-refractivity contribution is 5.32. The van der Waals surface area contributed by atoms with Crippen molar-refractivity contribution in [3.05, 3.63) is 35.1 Å². The molecular formula is C14H16F4O2. The molecule has 0 saturated carbocycles. The Labute approximate surface area is 114 Å². The van der Waals surface area contributed by atoms with Crippen LogP contribution in [0.15, 0.2) is 18.2 Å². The summed E-state index contributed by atoms with van der Waals surface area (Å²) in [6, 6.07) is 2.65. The fourth-order valence-electron chi connectivity index (χ4n) is 2.79. The van der Waals surface area contributed by atoms with E-state index in [0.29, 0.717) is 6.07 Å². The lowest BCUT2D eigenvalue weighted by atomic mass is 9.81. The molecule has 6 heteroatoms. The number of alkyl halides is 3. The first kappa shape index (κ1) is 15.3. The van der Waals surface area contributed by atoms with E-state index in [2.05, 4.69) is 0 Å². The summed E-state index contributed by atoms with van der Waals surface area (Å²) in [6.45, 7) is 3.49. The quantitative estimate of drug-likeness (QED) is 0.801. The predicted octanol–water partition coefficient (Wildman–Crippen LogP) is 3.62. The van der Waals surface area contributed by atoms with Crippen LogP contribution in [0, 0.1) is 5.82 Å². The summed E-state index contributed by atoms with van der Waals surface area (Å²) in [5, 5.41) is 10.6. The number of aliphatic hydroxyl groups is 1. The third kappa shape index (κ3) is 2.96. The van der Waals surface area contributed by atoms with Crippen molar-refractivity contribution in [2.75, 3.05) is 0 Å². The summed E-state index contributed by atoms with van der Waals surface area (Å²) < 4.78 is 56.9. The van der Waals surface area contributed by atoms with E-state index < -0.39 is 23.2 Å². The van der Waals surface area contributed by atoms with Crippen molar-refractivity contribution >= 4 is 0 Å². The third-order valence-corrected chi connectivity index (χ3v) is 3.52. The Kier molecular flexibility index (Phi) is 3.81. The lowest BCUT2D eigenvalue weighted by Gasteiger charge is -2.39.